The number of hydrogen-bond donors (Lipinski definition) is 1. The highest BCUT2D eigenvalue weighted by molar-refractivity contribution is 9.10. The Bertz CT molecular complexity index is 1590. The Morgan fingerprint density at radius 1 is 1.00 bits per heavy atom. The van der Waals surface area contributed by atoms with Gasteiger partial charge in [0.1, 0.15) is 0 Å². The number of nitrogens with one attached hydrogen (secondary N) is 1. The largest absolute Gasteiger partial charge is 0.435 e. The quantitative estimate of drug-likeness (QED) is 0.240. The molecule has 6 nitrogen and oxygen atoms in total. The number of anilines is 2. The summed E-state index contributed by atoms with van der Waals surface area (Å²) < 4.78 is 139. The van der Waals surface area contributed by atoms with Crippen LogP contribution in [-0.2, 0) is 5.67 Å². The number of nitrogens with zero attached hydrogens (tertiary/aromatic N) is 2. The van der Waals surface area contributed by atoms with E-state index in [2.05, 4.69) is 20.7 Å². The molecule has 0 atom stereocenters. The van der Waals surface area contributed by atoms with Gasteiger partial charge in [-0.1, -0.05) is 6.07 Å². The highest BCUT2D eigenvalue weighted by Crippen LogP contribution is 2.55. The van der Waals surface area contributed by atoms with Gasteiger partial charge in [0, 0.05) is 22.1 Å². The Kier molecular flexibility index (Phi) is 9.88. The third-order valence-electron chi connectivity index (χ3n) is 6.02. The molecule has 0 bridgehead atoms. The molecule has 3 rings (SSSR count). The summed E-state index contributed by atoms with van der Waals surface area (Å²) in [5.41, 5.74) is -10.2. The first-order valence-electron chi connectivity index (χ1n) is 11.9. The van der Waals surface area contributed by atoms with Crippen molar-refractivity contribution in [3.05, 3.63) is 87.1 Å². The zero-order chi connectivity index (χ0) is 33.2. The zero-order valence-corrected chi connectivity index (χ0v) is 23.3. The van der Waals surface area contributed by atoms with Crippen molar-refractivity contribution < 1.29 is 58.2 Å². The van der Waals surface area contributed by atoms with Crippen molar-refractivity contribution in [1.82, 2.24) is 0 Å². The van der Waals surface area contributed by atoms with Crippen LogP contribution in [0.25, 0.3) is 0 Å². The molecule has 3 aromatic carbocycles. The number of alkyl halides is 9. The predicted octanol–water partition coefficient (Wildman–Crippen LogP) is 8.27. The Morgan fingerprint density at radius 2 is 1.59 bits per heavy atom. The van der Waals surface area contributed by atoms with Crippen LogP contribution < -0.4 is 15.0 Å². The lowest BCUT2D eigenvalue weighted by atomic mass is 9.93. The fraction of sp³-hybridized carbons (Fsp3) is 0.222. The molecular weight excluding hydrogens is 684 g/mol. The monoisotopic (exact) mass is 699 g/mol. The van der Waals surface area contributed by atoms with Crippen molar-refractivity contribution in [1.29, 1.82) is 5.26 Å². The molecule has 0 saturated carbocycles. The molecule has 3 aromatic rings. The minimum atomic E-state index is -6.60. The molecule has 2 amide bonds. The van der Waals surface area contributed by atoms with E-state index in [4.69, 9.17) is 5.26 Å². The van der Waals surface area contributed by atoms with Crippen molar-refractivity contribution in [2.45, 2.75) is 31.6 Å². The molecule has 234 valence electrons. The maximum Gasteiger partial charge on any atom is 0.435 e. The van der Waals surface area contributed by atoms with Crippen LogP contribution in [0.3, 0.4) is 0 Å². The van der Waals surface area contributed by atoms with Gasteiger partial charge in [0.15, 0.2) is 11.6 Å². The summed E-state index contributed by atoms with van der Waals surface area (Å²) in [4.78, 5) is 27.0. The lowest BCUT2D eigenvalue weighted by Crippen LogP contribution is -2.50. The van der Waals surface area contributed by atoms with Gasteiger partial charge in [-0.25, -0.2) is 8.78 Å². The summed E-state index contributed by atoms with van der Waals surface area (Å²) in [5.74, 6) is -5.05. The number of halogens is 11. The van der Waals surface area contributed by atoms with Crippen molar-refractivity contribution >= 4 is 39.1 Å². The van der Waals surface area contributed by atoms with Gasteiger partial charge in [-0.15, -0.1) is 0 Å². The second-order valence-electron chi connectivity index (χ2n) is 8.70. The van der Waals surface area contributed by atoms with Gasteiger partial charge < -0.3 is 15.0 Å². The van der Waals surface area contributed by atoms with Crippen molar-refractivity contribution in [3.8, 4) is 11.8 Å². The molecule has 0 radical (unpaired) electrons. The number of hydrogen-bond acceptors (Lipinski definition) is 4. The van der Waals surface area contributed by atoms with Crippen LogP contribution in [0.15, 0.2) is 59.1 Å². The normalized spacial score (nSPS) is 12.1. The van der Waals surface area contributed by atoms with E-state index in [0.29, 0.717) is 0 Å². The Labute approximate surface area is 249 Å². The number of amides is 2. The number of carbonyl (C=O) groups is 2. The van der Waals surface area contributed by atoms with Gasteiger partial charge in [0.2, 0.25) is 0 Å². The van der Waals surface area contributed by atoms with E-state index in [1.807, 2.05) is 11.4 Å². The molecule has 0 heterocycles. The van der Waals surface area contributed by atoms with E-state index in [-0.39, 0.29) is 29.8 Å². The van der Waals surface area contributed by atoms with Gasteiger partial charge in [0.25, 0.3) is 11.8 Å². The van der Waals surface area contributed by atoms with Crippen LogP contribution in [0.5, 0.6) is 5.75 Å². The molecule has 44 heavy (non-hydrogen) atoms. The van der Waals surface area contributed by atoms with E-state index in [1.165, 1.54) is 31.2 Å². The highest BCUT2D eigenvalue weighted by Gasteiger charge is 2.73. The average molecular weight is 700 g/mol. The van der Waals surface area contributed by atoms with Crippen LogP contribution in [-0.4, -0.2) is 37.3 Å². The van der Waals surface area contributed by atoms with Crippen molar-refractivity contribution in [2.24, 2.45) is 0 Å². The van der Waals surface area contributed by atoms with Crippen LogP contribution in [0.2, 0.25) is 0 Å². The Hall–Kier alpha value is -4.33. The molecule has 0 spiro atoms. The molecule has 0 aliphatic rings. The summed E-state index contributed by atoms with van der Waals surface area (Å²) in [5, 5.41) is 10.8. The number of carbonyl (C=O) groups excluding carboxylic acids is 2. The molecule has 0 aliphatic heterocycles. The molecule has 0 unspecified atom stereocenters. The SMILES string of the molecule is CCN(C(=O)c1ccc(C#N)cc1)c1cccc(C(=O)Nc2c(Br)cc(C(F)(C(F)(F)F)C(F)(F)F)cc2OC(F)F)c1F. The lowest BCUT2D eigenvalue weighted by molar-refractivity contribution is -0.348. The van der Waals surface area contributed by atoms with Gasteiger partial charge in [-0.05, 0) is 71.4 Å². The molecule has 0 aromatic heterocycles. The molecule has 0 fully saturated rings. The Balaban J connectivity index is 2.06. The molecular formula is C27H16BrF10N3O3. The highest BCUT2D eigenvalue weighted by atomic mass is 79.9. The fourth-order valence-corrected chi connectivity index (χ4v) is 4.47. The minimum Gasteiger partial charge on any atom is -0.433 e. The summed E-state index contributed by atoms with van der Waals surface area (Å²) in [7, 11) is 0. The summed E-state index contributed by atoms with van der Waals surface area (Å²) in [6, 6.07) is 9.86. The average Bonchev–Trinajstić information content (AvgIpc) is 2.93. The van der Waals surface area contributed by atoms with Gasteiger partial charge >= 0.3 is 24.6 Å². The van der Waals surface area contributed by atoms with Gasteiger partial charge in [-0.3, -0.25) is 9.59 Å². The van der Waals surface area contributed by atoms with E-state index < -0.39 is 75.0 Å². The smallest absolute Gasteiger partial charge is 0.433 e. The van der Waals surface area contributed by atoms with Gasteiger partial charge in [-0.2, -0.15) is 40.4 Å². The number of nitriles is 1. The molecule has 17 heteroatoms. The Morgan fingerprint density at radius 3 is 2.09 bits per heavy atom. The second-order valence-corrected chi connectivity index (χ2v) is 9.55. The van der Waals surface area contributed by atoms with Crippen molar-refractivity contribution in [3.63, 3.8) is 0 Å². The first kappa shape index (κ1) is 34.2. The summed E-state index contributed by atoms with van der Waals surface area (Å²) in [6.07, 6.45) is -13.2. The maximum atomic E-state index is 15.6. The van der Waals surface area contributed by atoms with Crippen molar-refractivity contribution in [2.75, 3.05) is 16.8 Å². The number of ether oxygens (including phenoxy) is 1. The minimum absolute atomic E-state index is 0.0413. The van der Waals surface area contributed by atoms with E-state index in [1.54, 1.807) is 0 Å². The standard InChI is InChI=1S/C27H16BrF10N3O3/c1-2-41(23(43)14-8-6-13(12-39)7-9-14)18-5-3-4-16(20(18)29)22(42)40-21-17(28)10-15(11-19(21)44-24(30)31)25(32,26(33,34)35)27(36,37)38/h3-11,24H,2H2,1H3,(H,40,42). The zero-order valence-electron chi connectivity index (χ0n) is 21.8. The van der Waals surface area contributed by atoms with E-state index in [9.17, 15) is 49.1 Å². The lowest BCUT2D eigenvalue weighted by Gasteiger charge is -2.31. The molecule has 0 aliphatic carbocycles. The van der Waals surface area contributed by atoms with Crippen LogP contribution in [0.4, 0.5) is 55.3 Å². The van der Waals surface area contributed by atoms with Crippen LogP contribution in [0, 0.1) is 17.1 Å². The predicted molar refractivity (Wildman–Crippen MR) is 139 cm³/mol. The van der Waals surface area contributed by atoms with Gasteiger partial charge in [0.05, 0.1) is 28.6 Å². The summed E-state index contributed by atoms with van der Waals surface area (Å²) in [6.45, 7) is -2.54. The second kappa shape index (κ2) is 12.7. The molecule has 0 saturated heterocycles. The first-order chi connectivity index (χ1) is 20.4. The van der Waals surface area contributed by atoms with E-state index >= 15 is 4.39 Å². The fourth-order valence-electron chi connectivity index (χ4n) is 3.93. The number of benzene rings is 3. The summed E-state index contributed by atoms with van der Waals surface area (Å²) >= 11 is 2.53. The van der Waals surface area contributed by atoms with Crippen LogP contribution >= 0.6 is 15.9 Å². The third kappa shape index (κ3) is 6.59. The maximum absolute atomic E-state index is 15.6. The van der Waals surface area contributed by atoms with Crippen LogP contribution in [0.1, 0.15) is 38.8 Å². The molecule has 1 N–H and O–H groups in total. The topological polar surface area (TPSA) is 82.4 Å². The third-order valence-corrected chi connectivity index (χ3v) is 6.65. The number of rotatable bonds is 8. The van der Waals surface area contributed by atoms with E-state index in [0.717, 1.165) is 23.1 Å². The first-order valence-corrected chi connectivity index (χ1v) is 12.7.